The third-order valence-corrected chi connectivity index (χ3v) is 1.16. The lowest BCUT2D eigenvalue weighted by molar-refractivity contribution is 0.299. The summed E-state index contributed by atoms with van der Waals surface area (Å²) in [4.78, 5) is 0. The minimum absolute atomic E-state index is 0.643. The number of hydrogen-bond donors (Lipinski definition) is 0. The quantitative estimate of drug-likeness (QED) is 0.598. The molecule has 0 amide bonds. The zero-order chi connectivity index (χ0) is 7.40. The summed E-state index contributed by atoms with van der Waals surface area (Å²) in [5.41, 5.74) is 0.904. The van der Waals surface area contributed by atoms with Gasteiger partial charge in [-0.15, -0.1) is 0 Å². The van der Waals surface area contributed by atoms with Crippen LogP contribution in [0.2, 0.25) is 0 Å². The Morgan fingerprint density at radius 1 is 1.80 bits per heavy atom. The van der Waals surface area contributed by atoms with Gasteiger partial charge in [0.25, 0.3) is 0 Å². The molecule has 2 heteroatoms. The van der Waals surface area contributed by atoms with Crippen molar-refractivity contribution in [3.8, 4) is 0 Å². The highest BCUT2D eigenvalue weighted by Crippen LogP contribution is 2.12. The van der Waals surface area contributed by atoms with Gasteiger partial charge in [-0.25, -0.2) is 0 Å². The van der Waals surface area contributed by atoms with Gasteiger partial charge in [-0.2, -0.15) is 0 Å². The Bertz CT molecular complexity index is 199. The Labute approximate surface area is 60.1 Å². The lowest BCUT2D eigenvalue weighted by Crippen LogP contribution is -1.86. The summed E-state index contributed by atoms with van der Waals surface area (Å²) in [6, 6.07) is 1.82. The lowest BCUT2D eigenvalue weighted by atomic mass is 10.3. The summed E-state index contributed by atoms with van der Waals surface area (Å²) < 4.78 is 9.97. The fourth-order valence-corrected chi connectivity index (χ4v) is 0.681. The first-order valence-corrected chi connectivity index (χ1v) is 3.19. The number of ether oxygens (including phenoxy) is 1. The van der Waals surface area contributed by atoms with Crippen LogP contribution in [-0.2, 0) is 4.74 Å². The van der Waals surface area contributed by atoms with Crippen LogP contribution in [-0.4, -0.2) is 6.61 Å². The molecule has 2 nitrogen and oxygen atoms in total. The number of hydrogen-bond acceptors (Lipinski definition) is 2. The molecule has 10 heavy (non-hydrogen) atoms. The van der Waals surface area contributed by atoms with Gasteiger partial charge in [0, 0.05) is 0 Å². The zero-order valence-electron chi connectivity index (χ0n) is 5.96. The van der Waals surface area contributed by atoms with E-state index in [9.17, 15) is 0 Å². The van der Waals surface area contributed by atoms with Crippen molar-refractivity contribution in [1.29, 1.82) is 0 Å². The molecule has 0 saturated heterocycles. The second-order valence-corrected chi connectivity index (χ2v) is 1.87. The van der Waals surface area contributed by atoms with Crippen LogP contribution in [0.15, 0.2) is 29.6 Å². The molecule has 0 aromatic carbocycles. The molecule has 0 atom stereocenters. The van der Waals surface area contributed by atoms with Gasteiger partial charge in [0.05, 0.1) is 18.4 Å². The molecule has 0 aliphatic heterocycles. The normalized spacial score (nSPS) is 9.30. The molecule has 0 aliphatic rings. The average Bonchev–Trinajstić information content (AvgIpc) is 2.38. The maximum absolute atomic E-state index is 5.13. The topological polar surface area (TPSA) is 22.4 Å². The van der Waals surface area contributed by atoms with Gasteiger partial charge < -0.3 is 9.15 Å². The smallest absolute Gasteiger partial charge is 0.122 e. The van der Waals surface area contributed by atoms with Crippen LogP contribution in [0.4, 0.5) is 0 Å². The molecule has 0 aliphatic carbocycles. The fourth-order valence-electron chi connectivity index (χ4n) is 0.681. The summed E-state index contributed by atoms with van der Waals surface area (Å²) in [5, 5.41) is 0. The molecule has 1 heterocycles. The molecule has 54 valence electrons. The van der Waals surface area contributed by atoms with Gasteiger partial charge in [0.15, 0.2) is 0 Å². The van der Waals surface area contributed by atoms with Crippen molar-refractivity contribution in [2.24, 2.45) is 0 Å². The van der Waals surface area contributed by atoms with Gasteiger partial charge in [-0.05, 0) is 13.0 Å². The van der Waals surface area contributed by atoms with Crippen LogP contribution < -0.4 is 0 Å². The molecule has 1 rings (SSSR count). The van der Waals surface area contributed by atoms with Gasteiger partial charge in [0.2, 0.25) is 0 Å². The Morgan fingerprint density at radius 3 is 3.10 bits per heavy atom. The molecular formula is C8H10O2. The summed E-state index contributed by atoms with van der Waals surface area (Å²) in [6.45, 7) is 6.27. The summed E-state index contributed by atoms with van der Waals surface area (Å²) in [6.07, 6.45) is 3.21. The fraction of sp³-hybridized carbons (Fsp3) is 0.250. The zero-order valence-corrected chi connectivity index (χ0v) is 5.96. The van der Waals surface area contributed by atoms with Crippen molar-refractivity contribution in [3.63, 3.8) is 0 Å². The van der Waals surface area contributed by atoms with E-state index in [2.05, 4.69) is 6.58 Å². The lowest BCUT2D eigenvalue weighted by Gasteiger charge is -2.01. The van der Waals surface area contributed by atoms with Crippen molar-refractivity contribution in [3.05, 3.63) is 30.7 Å². The van der Waals surface area contributed by atoms with E-state index in [1.807, 2.05) is 13.0 Å². The van der Waals surface area contributed by atoms with Crippen molar-refractivity contribution < 1.29 is 9.15 Å². The summed E-state index contributed by atoms with van der Waals surface area (Å²) in [5.74, 6) is 0.663. The predicted octanol–water partition coefficient (Wildman–Crippen LogP) is 2.29. The van der Waals surface area contributed by atoms with Gasteiger partial charge in [-0.3, -0.25) is 0 Å². The van der Waals surface area contributed by atoms with E-state index < -0.39 is 0 Å². The monoisotopic (exact) mass is 138 g/mol. The maximum Gasteiger partial charge on any atom is 0.122 e. The minimum Gasteiger partial charge on any atom is -0.494 e. The summed E-state index contributed by atoms with van der Waals surface area (Å²) >= 11 is 0. The molecule has 0 radical (unpaired) electrons. The minimum atomic E-state index is 0.643. The predicted molar refractivity (Wildman–Crippen MR) is 39.4 cm³/mol. The largest absolute Gasteiger partial charge is 0.494 e. The van der Waals surface area contributed by atoms with Crippen LogP contribution in [0.25, 0.3) is 5.76 Å². The molecule has 0 saturated carbocycles. The van der Waals surface area contributed by atoms with E-state index in [0.717, 1.165) is 5.56 Å². The molecular weight excluding hydrogens is 128 g/mol. The van der Waals surface area contributed by atoms with Crippen LogP contribution in [0.3, 0.4) is 0 Å². The molecule has 0 unspecified atom stereocenters. The second kappa shape index (κ2) is 3.11. The highest BCUT2D eigenvalue weighted by Gasteiger charge is 1.97. The highest BCUT2D eigenvalue weighted by molar-refractivity contribution is 5.55. The van der Waals surface area contributed by atoms with Crippen LogP contribution in [0, 0.1) is 0 Å². The van der Waals surface area contributed by atoms with E-state index >= 15 is 0 Å². The second-order valence-electron chi connectivity index (χ2n) is 1.87. The molecule has 1 aromatic rings. The van der Waals surface area contributed by atoms with E-state index in [4.69, 9.17) is 9.15 Å². The summed E-state index contributed by atoms with van der Waals surface area (Å²) in [7, 11) is 0. The molecule has 0 spiro atoms. The Hall–Kier alpha value is -1.18. The number of rotatable bonds is 3. The third-order valence-electron chi connectivity index (χ3n) is 1.16. The van der Waals surface area contributed by atoms with Crippen LogP contribution >= 0.6 is 0 Å². The third kappa shape index (κ3) is 1.41. The Balaban J connectivity index is 2.59. The average molecular weight is 138 g/mol. The van der Waals surface area contributed by atoms with Gasteiger partial charge >= 0.3 is 0 Å². The Kier molecular flexibility index (Phi) is 2.15. The van der Waals surface area contributed by atoms with Crippen molar-refractivity contribution in [2.75, 3.05) is 6.61 Å². The molecule has 0 bridgehead atoms. The van der Waals surface area contributed by atoms with Gasteiger partial charge in [-0.1, -0.05) is 6.58 Å². The number of furan rings is 1. The van der Waals surface area contributed by atoms with E-state index in [-0.39, 0.29) is 0 Å². The highest BCUT2D eigenvalue weighted by atomic mass is 16.5. The Morgan fingerprint density at radius 2 is 2.60 bits per heavy atom. The van der Waals surface area contributed by atoms with Crippen molar-refractivity contribution in [1.82, 2.24) is 0 Å². The first-order chi connectivity index (χ1) is 4.84. The maximum atomic E-state index is 5.13. The van der Waals surface area contributed by atoms with E-state index in [1.54, 1.807) is 12.5 Å². The van der Waals surface area contributed by atoms with Gasteiger partial charge in [0.1, 0.15) is 12.0 Å². The molecule has 0 N–H and O–H groups in total. The van der Waals surface area contributed by atoms with Crippen molar-refractivity contribution in [2.45, 2.75) is 6.92 Å². The molecule has 1 aromatic heterocycles. The molecule has 0 fully saturated rings. The van der Waals surface area contributed by atoms with Crippen LogP contribution in [0.5, 0.6) is 0 Å². The van der Waals surface area contributed by atoms with Crippen LogP contribution in [0.1, 0.15) is 12.5 Å². The SMILES string of the molecule is C=C(OCC)c1ccoc1. The standard InChI is InChI=1S/C8H10O2/c1-3-10-7(2)8-4-5-9-6-8/h4-6H,2-3H2,1H3. The van der Waals surface area contributed by atoms with Crippen molar-refractivity contribution >= 4 is 5.76 Å². The van der Waals surface area contributed by atoms with E-state index in [0.29, 0.717) is 12.4 Å². The first kappa shape index (κ1) is 6.93. The van der Waals surface area contributed by atoms with E-state index in [1.165, 1.54) is 0 Å². The first-order valence-electron chi connectivity index (χ1n) is 3.19.